The second-order valence-electron chi connectivity index (χ2n) is 4.25. The van der Waals surface area contributed by atoms with Crippen LogP contribution in [-0.2, 0) is 0 Å². The fraction of sp³-hybridized carbons (Fsp3) is 0.615. The minimum absolute atomic E-state index is 0.527. The van der Waals surface area contributed by atoms with Crippen LogP contribution in [0.4, 0.5) is 11.5 Å². The standard InChI is InChI=1S/C13H23N3/c1-3-5-7-12(6-4-2)16-13-10-11(14)8-9-15-13/h8-10,12H,3-7H2,1-2H3,(H3,14,15,16). The highest BCUT2D eigenvalue weighted by molar-refractivity contribution is 5.48. The van der Waals surface area contributed by atoms with Gasteiger partial charge in [-0.3, -0.25) is 0 Å². The van der Waals surface area contributed by atoms with Gasteiger partial charge >= 0.3 is 0 Å². The largest absolute Gasteiger partial charge is 0.399 e. The van der Waals surface area contributed by atoms with Crippen molar-refractivity contribution in [2.24, 2.45) is 0 Å². The number of rotatable bonds is 7. The van der Waals surface area contributed by atoms with Gasteiger partial charge < -0.3 is 11.1 Å². The molecule has 1 aromatic rings. The monoisotopic (exact) mass is 221 g/mol. The lowest BCUT2D eigenvalue weighted by atomic mass is 10.1. The van der Waals surface area contributed by atoms with Crippen LogP contribution in [0.15, 0.2) is 18.3 Å². The molecule has 0 saturated heterocycles. The topological polar surface area (TPSA) is 50.9 Å². The predicted octanol–water partition coefficient (Wildman–Crippen LogP) is 3.43. The molecule has 0 spiro atoms. The molecule has 1 unspecified atom stereocenters. The van der Waals surface area contributed by atoms with Crippen molar-refractivity contribution in [1.82, 2.24) is 4.98 Å². The first-order chi connectivity index (χ1) is 7.76. The quantitative estimate of drug-likeness (QED) is 0.741. The summed E-state index contributed by atoms with van der Waals surface area (Å²) in [7, 11) is 0. The van der Waals surface area contributed by atoms with Gasteiger partial charge in [-0.2, -0.15) is 0 Å². The second-order valence-corrected chi connectivity index (χ2v) is 4.25. The van der Waals surface area contributed by atoms with Crippen molar-refractivity contribution in [1.29, 1.82) is 0 Å². The molecule has 3 N–H and O–H groups in total. The van der Waals surface area contributed by atoms with E-state index in [1.807, 2.05) is 12.1 Å². The Bertz CT molecular complexity index is 299. The van der Waals surface area contributed by atoms with Crippen molar-refractivity contribution < 1.29 is 0 Å². The molecule has 0 aliphatic carbocycles. The van der Waals surface area contributed by atoms with Gasteiger partial charge in [0.25, 0.3) is 0 Å². The van der Waals surface area contributed by atoms with Crippen LogP contribution < -0.4 is 11.1 Å². The highest BCUT2D eigenvalue weighted by atomic mass is 15.0. The van der Waals surface area contributed by atoms with Gasteiger partial charge in [-0.1, -0.05) is 33.1 Å². The summed E-state index contributed by atoms with van der Waals surface area (Å²) in [6.07, 6.45) is 7.85. The van der Waals surface area contributed by atoms with Gasteiger partial charge in [-0.15, -0.1) is 0 Å². The zero-order valence-corrected chi connectivity index (χ0v) is 10.4. The number of aromatic nitrogens is 1. The van der Waals surface area contributed by atoms with Gasteiger partial charge in [0.2, 0.25) is 0 Å². The van der Waals surface area contributed by atoms with Crippen LogP contribution in [0.2, 0.25) is 0 Å². The van der Waals surface area contributed by atoms with Crippen molar-refractivity contribution in [2.45, 2.75) is 52.0 Å². The number of nitrogens with zero attached hydrogens (tertiary/aromatic N) is 1. The van der Waals surface area contributed by atoms with E-state index in [1.165, 1.54) is 32.1 Å². The maximum absolute atomic E-state index is 5.73. The van der Waals surface area contributed by atoms with E-state index >= 15 is 0 Å². The maximum atomic E-state index is 5.73. The summed E-state index contributed by atoms with van der Waals surface area (Å²) in [5.74, 6) is 0.898. The Morgan fingerprint density at radius 3 is 2.75 bits per heavy atom. The number of anilines is 2. The van der Waals surface area contributed by atoms with Crippen LogP contribution >= 0.6 is 0 Å². The average molecular weight is 221 g/mol. The zero-order chi connectivity index (χ0) is 11.8. The van der Waals surface area contributed by atoms with E-state index in [9.17, 15) is 0 Å². The van der Waals surface area contributed by atoms with Gasteiger partial charge in [-0.25, -0.2) is 4.98 Å². The Hall–Kier alpha value is -1.25. The van der Waals surface area contributed by atoms with Crippen molar-refractivity contribution in [3.63, 3.8) is 0 Å². The number of nitrogens with one attached hydrogen (secondary N) is 1. The van der Waals surface area contributed by atoms with Gasteiger partial charge in [0.15, 0.2) is 0 Å². The minimum atomic E-state index is 0.527. The Balaban J connectivity index is 2.52. The van der Waals surface area contributed by atoms with E-state index in [4.69, 9.17) is 5.73 Å². The molecule has 16 heavy (non-hydrogen) atoms. The van der Waals surface area contributed by atoms with Crippen molar-refractivity contribution >= 4 is 11.5 Å². The molecule has 1 heterocycles. The first-order valence-corrected chi connectivity index (χ1v) is 6.24. The highest BCUT2D eigenvalue weighted by Gasteiger charge is 2.07. The Morgan fingerprint density at radius 1 is 1.31 bits per heavy atom. The zero-order valence-electron chi connectivity index (χ0n) is 10.4. The lowest BCUT2D eigenvalue weighted by Crippen LogP contribution is -2.19. The van der Waals surface area contributed by atoms with Crippen molar-refractivity contribution in [3.05, 3.63) is 18.3 Å². The summed E-state index contributed by atoms with van der Waals surface area (Å²) < 4.78 is 0. The van der Waals surface area contributed by atoms with E-state index < -0.39 is 0 Å². The van der Waals surface area contributed by atoms with Gasteiger partial charge in [0, 0.05) is 24.0 Å². The first-order valence-electron chi connectivity index (χ1n) is 6.24. The third-order valence-electron chi connectivity index (χ3n) is 2.68. The van der Waals surface area contributed by atoms with Crippen LogP contribution in [0.25, 0.3) is 0 Å². The first kappa shape index (κ1) is 12.8. The van der Waals surface area contributed by atoms with E-state index in [2.05, 4.69) is 24.1 Å². The van der Waals surface area contributed by atoms with Gasteiger partial charge in [-0.05, 0) is 18.9 Å². The summed E-state index contributed by atoms with van der Waals surface area (Å²) in [4.78, 5) is 4.28. The molecule has 0 fully saturated rings. The van der Waals surface area contributed by atoms with Crippen LogP contribution in [-0.4, -0.2) is 11.0 Å². The molecule has 0 radical (unpaired) electrons. The molecule has 90 valence electrons. The number of pyridine rings is 1. The van der Waals surface area contributed by atoms with E-state index in [1.54, 1.807) is 6.20 Å². The maximum Gasteiger partial charge on any atom is 0.128 e. The molecular weight excluding hydrogens is 198 g/mol. The van der Waals surface area contributed by atoms with E-state index in [-0.39, 0.29) is 0 Å². The fourth-order valence-corrected chi connectivity index (χ4v) is 1.82. The summed E-state index contributed by atoms with van der Waals surface area (Å²) in [6.45, 7) is 4.44. The molecule has 1 aromatic heterocycles. The summed E-state index contributed by atoms with van der Waals surface area (Å²) >= 11 is 0. The molecule has 3 heteroatoms. The number of nitrogens with two attached hydrogens (primary N) is 1. The Morgan fingerprint density at radius 2 is 2.12 bits per heavy atom. The summed E-state index contributed by atoms with van der Waals surface area (Å²) in [5, 5.41) is 3.46. The van der Waals surface area contributed by atoms with E-state index in [0.29, 0.717) is 6.04 Å². The number of hydrogen-bond acceptors (Lipinski definition) is 3. The number of unbranched alkanes of at least 4 members (excludes halogenated alkanes) is 1. The van der Waals surface area contributed by atoms with Crippen LogP contribution in [0.1, 0.15) is 46.0 Å². The summed E-state index contributed by atoms with van der Waals surface area (Å²) in [6, 6.07) is 4.24. The molecular formula is C13H23N3. The number of hydrogen-bond donors (Lipinski definition) is 2. The molecule has 0 aromatic carbocycles. The normalized spacial score (nSPS) is 12.4. The molecule has 0 aliphatic rings. The molecule has 0 aliphatic heterocycles. The predicted molar refractivity (Wildman–Crippen MR) is 70.5 cm³/mol. The summed E-state index contributed by atoms with van der Waals surface area (Å²) in [5.41, 5.74) is 6.50. The van der Waals surface area contributed by atoms with Crippen LogP contribution in [0.3, 0.4) is 0 Å². The smallest absolute Gasteiger partial charge is 0.128 e. The lowest BCUT2D eigenvalue weighted by molar-refractivity contribution is 0.563. The third-order valence-corrected chi connectivity index (χ3v) is 2.68. The minimum Gasteiger partial charge on any atom is -0.399 e. The molecule has 0 bridgehead atoms. The van der Waals surface area contributed by atoms with E-state index in [0.717, 1.165) is 11.5 Å². The van der Waals surface area contributed by atoms with Crippen LogP contribution in [0, 0.1) is 0 Å². The molecule has 0 saturated carbocycles. The Kier molecular flexibility index (Phi) is 5.68. The molecule has 0 amide bonds. The van der Waals surface area contributed by atoms with Crippen LogP contribution in [0.5, 0.6) is 0 Å². The SMILES string of the molecule is CCCCC(CCC)Nc1cc(N)ccn1. The lowest BCUT2D eigenvalue weighted by Gasteiger charge is -2.18. The Labute approximate surface area is 98.5 Å². The fourth-order valence-electron chi connectivity index (χ4n) is 1.82. The molecule has 3 nitrogen and oxygen atoms in total. The second kappa shape index (κ2) is 7.09. The van der Waals surface area contributed by atoms with Crippen molar-refractivity contribution in [2.75, 3.05) is 11.1 Å². The number of nitrogen functional groups attached to an aromatic ring is 1. The third kappa shape index (κ3) is 4.51. The highest BCUT2D eigenvalue weighted by Crippen LogP contribution is 2.15. The molecule has 1 atom stereocenters. The van der Waals surface area contributed by atoms with Gasteiger partial charge in [0.05, 0.1) is 0 Å². The molecule has 1 rings (SSSR count). The van der Waals surface area contributed by atoms with Gasteiger partial charge in [0.1, 0.15) is 5.82 Å². The average Bonchev–Trinajstić information content (AvgIpc) is 2.26. The van der Waals surface area contributed by atoms with Crippen molar-refractivity contribution in [3.8, 4) is 0 Å².